The number of benzene rings is 1. The highest BCUT2D eigenvalue weighted by molar-refractivity contribution is 7.89. The molecule has 154 valence electrons. The van der Waals surface area contributed by atoms with Gasteiger partial charge >= 0.3 is 5.97 Å². The molecule has 0 radical (unpaired) electrons. The zero-order valence-corrected chi connectivity index (χ0v) is 16.5. The van der Waals surface area contributed by atoms with Crippen LogP contribution in [0, 0.1) is 11.7 Å². The molecule has 9 heteroatoms. The fourth-order valence-corrected chi connectivity index (χ4v) is 5.14. The first-order valence-electron chi connectivity index (χ1n) is 9.58. The summed E-state index contributed by atoms with van der Waals surface area (Å²) >= 11 is 0. The van der Waals surface area contributed by atoms with E-state index in [0.29, 0.717) is 0 Å². The highest BCUT2D eigenvalue weighted by Crippen LogP contribution is 2.25. The number of halogens is 1. The van der Waals surface area contributed by atoms with Crippen molar-refractivity contribution < 1.29 is 27.1 Å². The number of sulfonamides is 1. The average Bonchev–Trinajstić information content (AvgIpc) is 2.72. The lowest BCUT2D eigenvalue weighted by molar-refractivity contribution is -0.156. The first kappa shape index (κ1) is 20.7. The maximum absolute atomic E-state index is 13.9. The number of hydrogen-bond acceptors (Lipinski definition) is 5. The molecule has 1 saturated heterocycles. The summed E-state index contributed by atoms with van der Waals surface area (Å²) in [5.74, 6) is -1.58. The third kappa shape index (κ3) is 4.70. The number of amides is 1. The van der Waals surface area contributed by atoms with Crippen molar-refractivity contribution >= 4 is 21.9 Å². The van der Waals surface area contributed by atoms with Crippen molar-refractivity contribution in [1.29, 1.82) is 0 Å². The second kappa shape index (κ2) is 9.00. The average molecular weight is 412 g/mol. The number of hydrogen-bond donors (Lipinski definition) is 0. The van der Waals surface area contributed by atoms with Gasteiger partial charge in [0.1, 0.15) is 10.7 Å². The van der Waals surface area contributed by atoms with Crippen molar-refractivity contribution in [1.82, 2.24) is 9.21 Å². The molecule has 0 aromatic heterocycles. The lowest BCUT2D eigenvalue weighted by atomic mass is 9.89. The minimum atomic E-state index is -3.95. The van der Waals surface area contributed by atoms with Crippen LogP contribution >= 0.6 is 0 Å². The molecule has 0 N–H and O–H groups in total. The van der Waals surface area contributed by atoms with Crippen LogP contribution in [0.4, 0.5) is 4.39 Å². The highest BCUT2D eigenvalue weighted by Gasteiger charge is 2.32. The zero-order chi connectivity index (χ0) is 20.1. The zero-order valence-electron chi connectivity index (χ0n) is 15.7. The molecule has 7 nitrogen and oxygen atoms in total. The summed E-state index contributed by atoms with van der Waals surface area (Å²) in [7, 11) is -3.95. The van der Waals surface area contributed by atoms with Crippen molar-refractivity contribution in [3.63, 3.8) is 0 Å². The predicted molar refractivity (Wildman–Crippen MR) is 99.3 cm³/mol. The van der Waals surface area contributed by atoms with Crippen molar-refractivity contribution in [3.8, 4) is 0 Å². The van der Waals surface area contributed by atoms with Gasteiger partial charge in [0.2, 0.25) is 10.0 Å². The Morgan fingerprint density at radius 1 is 1.04 bits per heavy atom. The molecule has 3 rings (SSSR count). The van der Waals surface area contributed by atoms with Gasteiger partial charge in [0, 0.05) is 26.2 Å². The first-order chi connectivity index (χ1) is 13.4. The smallest absolute Gasteiger partial charge is 0.309 e. The number of nitrogens with zero attached hydrogens (tertiary/aromatic N) is 2. The molecule has 28 heavy (non-hydrogen) atoms. The fourth-order valence-electron chi connectivity index (χ4n) is 3.65. The summed E-state index contributed by atoms with van der Waals surface area (Å²) in [6, 6.07) is 5.23. The van der Waals surface area contributed by atoms with Crippen molar-refractivity contribution in [2.75, 3.05) is 32.8 Å². The van der Waals surface area contributed by atoms with Crippen molar-refractivity contribution in [3.05, 3.63) is 30.1 Å². The van der Waals surface area contributed by atoms with Gasteiger partial charge in [-0.1, -0.05) is 31.4 Å². The molecular formula is C19H25FN2O5S. The number of carbonyl (C=O) groups is 2. The minimum absolute atomic E-state index is 0.0684. The number of piperazine rings is 1. The Hall–Kier alpha value is -2.00. The summed E-state index contributed by atoms with van der Waals surface area (Å²) in [5.41, 5.74) is 0. The number of carbonyl (C=O) groups excluding carboxylic acids is 2. The van der Waals surface area contributed by atoms with E-state index < -0.39 is 15.8 Å². The minimum Gasteiger partial charge on any atom is -0.455 e. The van der Waals surface area contributed by atoms with E-state index in [-0.39, 0.29) is 55.5 Å². The van der Waals surface area contributed by atoms with Gasteiger partial charge in [-0.25, -0.2) is 12.8 Å². The molecule has 1 aliphatic carbocycles. The van der Waals surface area contributed by atoms with Gasteiger partial charge in [-0.15, -0.1) is 0 Å². The molecule has 1 aliphatic heterocycles. The van der Waals surface area contributed by atoms with E-state index >= 15 is 0 Å². The summed E-state index contributed by atoms with van der Waals surface area (Å²) < 4.78 is 45.4. The van der Waals surface area contributed by atoms with Crippen LogP contribution in [0.5, 0.6) is 0 Å². The number of ether oxygens (including phenoxy) is 1. The first-order valence-corrected chi connectivity index (χ1v) is 11.0. The summed E-state index contributed by atoms with van der Waals surface area (Å²) in [5, 5.41) is 0. The lowest BCUT2D eigenvalue weighted by Crippen LogP contribution is -2.51. The molecule has 0 unspecified atom stereocenters. The SMILES string of the molecule is O=C(OCC(=O)N1CCN(S(=O)(=O)c2ccccc2F)CC1)C1CCCCC1. The topological polar surface area (TPSA) is 84.0 Å². The predicted octanol–water partition coefficient (Wildman–Crippen LogP) is 1.78. The molecule has 2 aliphatic rings. The van der Waals surface area contributed by atoms with E-state index in [2.05, 4.69) is 0 Å². The van der Waals surface area contributed by atoms with Crippen LogP contribution in [0.1, 0.15) is 32.1 Å². The Morgan fingerprint density at radius 3 is 2.32 bits per heavy atom. The van der Waals surface area contributed by atoms with Gasteiger partial charge in [-0.05, 0) is 25.0 Å². The second-order valence-electron chi connectivity index (χ2n) is 7.16. The largest absolute Gasteiger partial charge is 0.455 e. The molecule has 0 spiro atoms. The van der Waals surface area contributed by atoms with Crippen LogP contribution in [0.2, 0.25) is 0 Å². The molecular weight excluding hydrogens is 387 g/mol. The van der Waals surface area contributed by atoms with Crippen LogP contribution in [0.15, 0.2) is 29.2 Å². The van der Waals surface area contributed by atoms with Crippen LogP contribution in [0.3, 0.4) is 0 Å². The number of rotatable bonds is 5. The Bertz CT molecular complexity index is 815. The van der Waals surface area contributed by atoms with Gasteiger partial charge in [-0.3, -0.25) is 9.59 Å². The maximum Gasteiger partial charge on any atom is 0.309 e. The Labute approximate surface area is 164 Å². The van der Waals surface area contributed by atoms with E-state index in [1.807, 2.05) is 0 Å². The van der Waals surface area contributed by atoms with E-state index in [0.717, 1.165) is 38.2 Å². The Balaban J connectivity index is 1.50. The van der Waals surface area contributed by atoms with Gasteiger partial charge < -0.3 is 9.64 Å². The Morgan fingerprint density at radius 2 is 1.68 bits per heavy atom. The van der Waals surface area contributed by atoms with Gasteiger partial charge in [0.05, 0.1) is 5.92 Å². The molecule has 2 fully saturated rings. The van der Waals surface area contributed by atoms with Crippen LogP contribution in [-0.2, 0) is 24.3 Å². The Kier molecular flexibility index (Phi) is 6.66. The van der Waals surface area contributed by atoms with Crippen molar-refractivity contribution in [2.45, 2.75) is 37.0 Å². The number of esters is 1. The molecule has 0 bridgehead atoms. The maximum atomic E-state index is 13.9. The molecule has 0 atom stereocenters. The summed E-state index contributed by atoms with van der Waals surface area (Å²) in [4.78, 5) is 25.4. The van der Waals surface area contributed by atoms with Crippen LogP contribution < -0.4 is 0 Å². The van der Waals surface area contributed by atoms with E-state index in [9.17, 15) is 22.4 Å². The van der Waals surface area contributed by atoms with Crippen LogP contribution in [0.25, 0.3) is 0 Å². The molecule has 1 aromatic carbocycles. The van der Waals surface area contributed by atoms with E-state index in [1.54, 1.807) is 0 Å². The van der Waals surface area contributed by atoms with Gasteiger partial charge in [0.25, 0.3) is 5.91 Å². The highest BCUT2D eigenvalue weighted by atomic mass is 32.2. The quantitative estimate of drug-likeness (QED) is 0.689. The van der Waals surface area contributed by atoms with Crippen LogP contribution in [-0.4, -0.2) is 62.3 Å². The normalized spacial score (nSPS) is 19.4. The molecule has 1 amide bonds. The monoisotopic (exact) mass is 412 g/mol. The summed E-state index contributed by atoms with van der Waals surface area (Å²) in [6.45, 7) is 0.161. The third-order valence-corrected chi connectivity index (χ3v) is 7.25. The second-order valence-corrected chi connectivity index (χ2v) is 9.06. The standard InChI is InChI=1S/C19H25FN2O5S/c20-16-8-4-5-9-17(16)28(25,26)22-12-10-21(11-13-22)18(23)14-27-19(24)15-6-2-1-3-7-15/h4-5,8-9,15H,1-3,6-7,10-14H2. The fraction of sp³-hybridized carbons (Fsp3) is 0.579. The van der Waals surface area contributed by atoms with E-state index in [4.69, 9.17) is 4.74 Å². The lowest BCUT2D eigenvalue weighted by Gasteiger charge is -2.34. The van der Waals surface area contributed by atoms with Gasteiger partial charge in [0.15, 0.2) is 6.61 Å². The van der Waals surface area contributed by atoms with Gasteiger partial charge in [-0.2, -0.15) is 4.31 Å². The molecule has 1 heterocycles. The third-order valence-electron chi connectivity index (χ3n) is 5.32. The van der Waals surface area contributed by atoms with Crippen molar-refractivity contribution in [2.24, 2.45) is 5.92 Å². The summed E-state index contributed by atoms with van der Waals surface area (Å²) in [6.07, 6.45) is 4.75. The molecule has 1 saturated carbocycles. The van der Waals surface area contributed by atoms with E-state index in [1.165, 1.54) is 27.4 Å². The molecule has 1 aromatic rings.